The molecule has 0 bridgehead atoms. The SMILES string of the molecule is Fc1cccc(-c2nc(C3CCOC3)no2)c1F. The Morgan fingerprint density at radius 1 is 1.28 bits per heavy atom. The molecule has 2 heterocycles. The number of hydrogen-bond donors (Lipinski definition) is 0. The quantitative estimate of drug-likeness (QED) is 0.824. The number of nitrogens with zero attached hydrogens (tertiary/aromatic N) is 2. The maximum Gasteiger partial charge on any atom is 0.261 e. The first kappa shape index (κ1) is 11.3. The molecule has 3 rings (SSSR count). The summed E-state index contributed by atoms with van der Waals surface area (Å²) in [6.07, 6.45) is 0.810. The van der Waals surface area contributed by atoms with Gasteiger partial charge in [-0.05, 0) is 18.6 Å². The molecule has 0 amide bonds. The Labute approximate surface area is 102 Å². The number of benzene rings is 1. The largest absolute Gasteiger partial charge is 0.381 e. The van der Waals surface area contributed by atoms with E-state index in [2.05, 4.69) is 10.1 Å². The number of rotatable bonds is 2. The van der Waals surface area contributed by atoms with E-state index in [-0.39, 0.29) is 17.4 Å². The molecule has 0 radical (unpaired) electrons. The summed E-state index contributed by atoms with van der Waals surface area (Å²) in [7, 11) is 0. The fourth-order valence-electron chi connectivity index (χ4n) is 1.92. The monoisotopic (exact) mass is 252 g/mol. The molecule has 1 unspecified atom stereocenters. The molecule has 0 aliphatic carbocycles. The van der Waals surface area contributed by atoms with Crippen LogP contribution in [0.2, 0.25) is 0 Å². The normalized spacial score (nSPS) is 19.3. The van der Waals surface area contributed by atoms with Crippen LogP contribution in [0.15, 0.2) is 22.7 Å². The van der Waals surface area contributed by atoms with Crippen molar-refractivity contribution in [1.82, 2.24) is 10.1 Å². The van der Waals surface area contributed by atoms with Gasteiger partial charge in [-0.1, -0.05) is 11.2 Å². The van der Waals surface area contributed by atoms with Crippen molar-refractivity contribution in [2.24, 2.45) is 0 Å². The van der Waals surface area contributed by atoms with E-state index in [4.69, 9.17) is 9.26 Å². The maximum atomic E-state index is 13.5. The van der Waals surface area contributed by atoms with Gasteiger partial charge in [-0.3, -0.25) is 0 Å². The topological polar surface area (TPSA) is 48.2 Å². The van der Waals surface area contributed by atoms with E-state index in [1.54, 1.807) is 0 Å². The molecule has 0 spiro atoms. The first-order chi connectivity index (χ1) is 8.75. The Morgan fingerprint density at radius 3 is 2.94 bits per heavy atom. The Hall–Kier alpha value is -1.82. The predicted octanol–water partition coefficient (Wildman–Crippen LogP) is 2.52. The van der Waals surface area contributed by atoms with Crippen molar-refractivity contribution in [2.75, 3.05) is 13.2 Å². The van der Waals surface area contributed by atoms with Gasteiger partial charge in [0.2, 0.25) is 0 Å². The highest BCUT2D eigenvalue weighted by molar-refractivity contribution is 5.53. The van der Waals surface area contributed by atoms with E-state index in [1.807, 2.05) is 0 Å². The number of aromatic nitrogens is 2. The van der Waals surface area contributed by atoms with E-state index in [0.29, 0.717) is 19.0 Å². The average molecular weight is 252 g/mol. The summed E-state index contributed by atoms with van der Waals surface area (Å²) < 4.78 is 36.8. The molecule has 4 nitrogen and oxygen atoms in total. The van der Waals surface area contributed by atoms with Gasteiger partial charge < -0.3 is 9.26 Å². The first-order valence-corrected chi connectivity index (χ1v) is 5.61. The van der Waals surface area contributed by atoms with Crippen molar-refractivity contribution in [3.63, 3.8) is 0 Å². The van der Waals surface area contributed by atoms with E-state index < -0.39 is 11.6 Å². The van der Waals surface area contributed by atoms with Crippen LogP contribution in [0.4, 0.5) is 8.78 Å². The Bertz CT molecular complexity index is 565. The summed E-state index contributed by atoms with van der Waals surface area (Å²) in [4.78, 5) is 4.10. The number of hydrogen-bond acceptors (Lipinski definition) is 4. The summed E-state index contributed by atoms with van der Waals surface area (Å²) >= 11 is 0. The van der Waals surface area contributed by atoms with Crippen molar-refractivity contribution < 1.29 is 18.0 Å². The van der Waals surface area contributed by atoms with Crippen LogP contribution in [0.1, 0.15) is 18.2 Å². The molecule has 18 heavy (non-hydrogen) atoms. The van der Waals surface area contributed by atoms with Crippen LogP contribution in [0, 0.1) is 11.6 Å². The van der Waals surface area contributed by atoms with Crippen molar-refractivity contribution >= 4 is 0 Å². The van der Waals surface area contributed by atoms with E-state index in [1.165, 1.54) is 12.1 Å². The smallest absolute Gasteiger partial charge is 0.261 e. The second kappa shape index (κ2) is 4.45. The molecule has 2 aromatic rings. The van der Waals surface area contributed by atoms with Gasteiger partial charge in [0.05, 0.1) is 12.2 Å². The predicted molar refractivity (Wildman–Crippen MR) is 57.8 cm³/mol. The lowest BCUT2D eigenvalue weighted by Crippen LogP contribution is -1.99. The highest BCUT2D eigenvalue weighted by Gasteiger charge is 2.24. The molecule has 1 aromatic carbocycles. The average Bonchev–Trinajstić information content (AvgIpc) is 3.01. The highest BCUT2D eigenvalue weighted by atomic mass is 19.2. The fourth-order valence-corrected chi connectivity index (χ4v) is 1.92. The van der Waals surface area contributed by atoms with Crippen molar-refractivity contribution in [1.29, 1.82) is 0 Å². The second-order valence-corrected chi connectivity index (χ2v) is 4.12. The minimum Gasteiger partial charge on any atom is -0.381 e. The van der Waals surface area contributed by atoms with Gasteiger partial charge in [-0.25, -0.2) is 8.78 Å². The van der Waals surface area contributed by atoms with Crippen LogP contribution >= 0.6 is 0 Å². The van der Waals surface area contributed by atoms with Crippen LogP contribution in [-0.4, -0.2) is 23.4 Å². The Morgan fingerprint density at radius 2 is 2.17 bits per heavy atom. The molecular formula is C12H10F2N2O2. The molecule has 1 aliphatic rings. The van der Waals surface area contributed by atoms with Gasteiger partial charge in [0.25, 0.3) is 5.89 Å². The summed E-state index contributed by atoms with van der Waals surface area (Å²) in [6.45, 7) is 1.19. The minimum absolute atomic E-state index is 0.00565. The van der Waals surface area contributed by atoms with Crippen molar-refractivity contribution in [2.45, 2.75) is 12.3 Å². The van der Waals surface area contributed by atoms with Gasteiger partial charge in [-0.15, -0.1) is 0 Å². The summed E-state index contributed by atoms with van der Waals surface area (Å²) in [5, 5.41) is 3.79. The molecule has 1 fully saturated rings. The van der Waals surface area contributed by atoms with E-state index >= 15 is 0 Å². The third kappa shape index (κ3) is 1.88. The zero-order chi connectivity index (χ0) is 12.5. The molecule has 0 saturated carbocycles. The van der Waals surface area contributed by atoms with Crippen LogP contribution < -0.4 is 0 Å². The summed E-state index contributed by atoms with van der Waals surface area (Å²) in [5.74, 6) is -1.37. The number of halogens is 2. The second-order valence-electron chi connectivity index (χ2n) is 4.12. The summed E-state index contributed by atoms with van der Waals surface area (Å²) in [5.41, 5.74) is -0.0207. The van der Waals surface area contributed by atoms with Gasteiger partial charge in [0.15, 0.2) is 17.5 Å². The molecule has 1 atom stereocenters. The van der Waals surface area contributed by atoms with Crippen LogP contribution in [-0.2, 0) is 4.74 Å². The molecule has 6 heteroatoms. The minimum atomic E-state index is -0.977. The van der Waals surface area contributed by atoms with E-state index in [0.717, 1.165) is 12.5 Å². The van der Waals surface area contributed by atoms with Gasteiger partial charge in [0, 0.05) is 12.5 Å². The molecule has 1 saturated heterocycles. The van der Waals surface area contributed by atoms with Crippen LogP contribution in [0.5, 0.6) is 0 Å². The summed E-state index contributed by atoms with van der Waals surface area (Å²) in [6, 6.07) is 3.85. The maximum absolute atomic E-state index is 13.5. The number of ether oxygens (including phenoxy) is 1. The zero-order valence-electron chi connectivity index (χ0n) is 9.40. The third-order valence-corrected chi connectivity index (χ3v) is 2.92. The van der Waals surface area contributed by atoms with Crippen LogP contribution in [0.3, 0.4) is 0 Å². The lowest BCUT2D eigenvalue weighted by Gasteiger charge is -1.98. The molecular weight excluding hydrogens is 242 g/mol. The first-order valence-electron chi connectivity index (χ1n) is 5.61. The molecule has 1 aliphatic heterocycles. The zero-order valence-corrected chi connectivity index (χ0v) is 9.40. The molecule has 1 aromatic heterocycles. The fraction of sp³-hybridized carbons (Fsp3) is 0.333. The van der Waals surface area contributed by atoms with Gasteiger partial charge in [-0.2, -0.15) is 4.98 Å². The highest BCUT2D eigenvalue weighted by Crippen LogP contribution is 2.27. The van der Waals surface area contributed by atoms with E-state index in [9.17, 15) is 8.78 Å². The van der Waals surface area contributed by atoms with Crippen LogP contribution in [0.25, 0.3) is 11.5 Å². The molecule has 0 N–H and O–H groups in total. The Balaban J connectivity index is 1.95. The molecule has 94 valence electrons. The Kier molecular flexibility index (Phi) is 2.79. The van der Waals surface area contributed by atoms with Gasteiger partial charge >= 0.3 is 0 Å². The van der Waals surface area contributed by atoms with Crippen molar-refractivity contribution in [3.05, 3.63) is 35.7 Å². The lowest BCUT2D eigenvalue weighted by molar-refractivity contribution is 0.192. The lowest BCUT2D eigenvalue weighted by atomic mass is 10.1. The van der Waals surface area contributed by atoms with Gasteiger partial charge in [0.1, 0.15) is 0 Å². The standard InChI is InChI=1S/C12H10F2N2O2/c13-9-3-1-2-8(10(9)14)12-15-11(16-18-12)7-4-5-17-6-7/h1-3,7H,4-6H2. The van der Waals surface area contributed by atoms with Crippen molar-refractivity contribution in [3.8, 4) is 11.5 Å². The third-order valence-electron chi connectivity index (χ3n) is 2.92.